The summed E-state index contributed by atoms with van der Waals surface area (Å²) < 4.78 is 30.0. The first-order valence-corrected chi connectivity index (χ1v) is 8.16. The number of nitrogens with zero attached hydrogens (tertiary/aromatic N) is 2. The van der Waals surface area contributed by atoms with Crippen molar-refractivity contribution in [3.8, 4) is 17.0 Å². The van der Waals surface area contributed by atoms with Crippen molar-refractivity contribution in [1.82, 2.24) is 9.88 Å². The van der Waals surface area contributed by atoms with Gasteiger partial charge >= 0.3 is 6.61 Å². The Bertz CT molecular complexity index is 821. The van der Waals surface area contributed by atoms with Crippen LogP contribution in [0.15, 0.2) is 60.5 Å². The van der Waals surface area contributed by atoms with Crippen LogP contribution in [0.25, 0.3) is 11.1 Å². The minimum absolute atomic E-state index is 0.105. The molecular weight excluding hydrogens is 346 g/mol. The molecule has 0 amide bonds. The van der Waals surface area contributed by atoms with E-state index >= 15 is 0 Å². The molecule has 2 aromatic rings. The third kappa shape index (κ3) is 4.57. The fourth-order valence-corrected chi connectivity index (χ4v) is 2.91. The second kappa shape index (κ2) is 7.66. The predicted octanol–water partition coefficient (Wildman–Crippen LogP) is 4.93. The van der Waals surface area contributed by atoms with Gasteiger partial charge < -0.3 is 9.64 Å². The maximum Gasteiger partial charge on any atom is 0.388 e. The first kappa shape index (κ1) is 17.4. The summed E-state index contributed by atoms with van der Waals surface area (Å²) in [6.45, 7) is -2.06. The quantitative estimate of drug-likeness (QED) is 0.754. The molecule has 0 saturated carbocycles. The second-order valence-electron chi connectivity index (χ2n) is 5.81. The number of ether oxygens (including phenoxy) is 1. The van der Waals surface area contributed by atoms with Gasteiger partial charge in [-0.3, -0.25) is 0 Å². The van der Waals surface area contributed by atoms with Crippen LogP contribution in [-0.2, 0) is 6.42 Å². The van der Waals surface area contributed by atoms with Crippen molar-refractivity contribution in [3.63, 3.8) is 0 Å². The second-order valence-corrected chi connectivity index (χ2v) is 6.24. The monoisotopic (exact) mass is 362 g/mol. The zero-order valence-corrected chi connectivity index (χ0v) is 14.4. The standard InChI is InChI=1S/C19H17ClF2N2O/c1-24-7-3-4-13(12-24)8-14-9-17(15-5-2-6-16(20)10-15)18(23-11-14)25-19(21)22/h2-6,9-12,19H,7-8H2,1H3. The molecule has 0 saturated heterocycles. The highest BCUT2D eigenvalue weighted by molar-refractivity contribution is 6.30. The van der Waals surface area contributed by atoms with Gasteiger partial charge in [-0.05, 0) is 34.9 Å². The maximum atomic E-state index is 12.7. The number of hydrogen-bond donors (Lipinski definition) is 0. The Hall–Kier alpha value is -2.40. The van der Waals surface area contributed by atoms with Gasteiger partial charge in [0.2, 0.25) is 5.88 Å². The van der Waals surface area contributed by atoms with E-state index in [1.807, 2.05) is 13.1 Å². The van der Waals surface area contributed by atoms with Crippen molar-refractivity contribution in [2.45, 2.75) is 13.0 Å². The molecule has 1 aromatic heterocycles. The number of alkyl halides is 2. The van der Waals surface area contributed by atoms with Gasteiger partial charge in [0, 0.05) is 43.0 Å². The van der Waals surface area contributed by atoms with Crippen LogP contribution in [0, 0.1) is 0 Å². The molecule has 3 nitrogen and oxygen atoms in total. The van der Waals surface area contributed by atoms with Crippen LogP contribution in [0.5, 0.6) is 5.88 Å². The molecule has 1 aliphatic heterocycles. The van der Waals surface area contributed by atoms with E-state index in [-0.39, 0.29) is 5.88 Å². The number of rotatable bonds is 5. The lowest BCUT2D eigenvalue weighted by Gasteiger charge is -2.18. The molecule has 0 radical (unpaired) electrons. The zero-order chi connectivity index (χ0) is 17.8. The maximum absolute atomic E-state index is 12.7. The van der Waals surface area contributed by atoms with Crippen molar-refractivity contribution in [3.05, 3.63) is 71.0 Å². The lowest BCUT2D eigenvalue weighted by atomic mass is 10.0. The van der Waals surface area contributed by atoms with Gasteiger partial charge in [0.05, 0.1) is 0 Å². The summed E-state index contributed by atoms with van der Waals surface area (Å²) in [5.74, 6) is -0.105. The predicted molar refractivity (Wildman–Crippen MR) is 94.9 cm³/mol. The third-order valence-corrected chi connectivity index (χ3v) is 4.00. The largest absolute Gasteiger partial charge is 0.416 e. The molecule has 0 spiro atoms. The minimum atomic E-state index is -2.94. The van der Waals surface area contributed by atoms with Crippen LogP contribution < -0.4 is 4.74 Å². The highest BCUT2D eigenvalue weighted by Gasteiger charge is 2.15. The topological polar surface area (TPSA) is 25.4 Å². The van der Waals surface area contributed by atoms with Crippen molar-refractivity contribution in [2.24, 2.45) is 0 Å². The molecule has 3 rings (SSSR count). The summed E-state index contributed by atoms with van der Waals surface area (Å²) in [6.07, 6.45) is 8.41. The smallest absolute Gasteiger partial charge is 0.388 e. The lowest BCUT2D eigenvalue weighted by molar-refractivity contribution is -0.0524. The fraction of sp³-hybridized carbons (Fsp3) is 0.211. The van der Waals surface area contributed by atoms with Crippen molar-refractivity contribution < 1.29 is 13.5 Å². The molecule has 130 valence electrons. The summed E-state index contributed by atoms with van der Waals surface area (Å²) in [7, 11) is 2.00. The molecule has 25 heavy (non-hydrogen) atoms. The molecule has 0 fully saturated rings. The van der Waals surface area contributed by atoms with E-state index in [1.165, 1.54) is 0 Å². The van der Waals surface area contributed by atoms with Crippen LogP contribution >= 0.6 is 11.6 Å². The Morgan fingerprint density at radius 2 is 2.16 bits per heavy atom. The molecule has 0 N–H and O–H groups in total. The van der Waals surface area contributed by atoms with E-state index in [0.29, 0.717) is 22.6 Å². The third-order valence-electron chi connectivity index (χ3n) is 3.76. The summed E-state index contributed by atoms with van der Waals surface area (Å²) in [6, 6.07) is 8.80. The van der Waals surface area contributed by atoms with Gasteiger partial charge in [0.15, 0.2) is 0 Å². The number of pyridine rings is 1. The molecule has 0 aliphatic carbocycles. The van der Waals surface area contributed by atoms with Crippen LogP contribution in [0.4, 0.5) is 8.78 Å². The van der Waals surface area contributed by atoms with Crippen LogP contribution in [0.2, 0.25) is 5.02 Å². The van der Waals surface area contributed by atoms with E-state index in [4.69, 9.17) is 11.6 Å². The van der Waals surface area contributed by atoms with Gasteiger partial charge in [-0.15, -0.1) is 0 Å². The Morgan fingerprint density at radius 3 is 2.88 bits per heavy atom. The van der Waals surface area contributed by atoms with E-state index in [2.05, 4.69) is 33.0 Å². The van der Waals surface area contributed by atoms with Gasteiger partial charge in [0.25, 0.3) is 0 Å². The van der Waals surface area contributed by atoms with E-state index < -0.39 is 6.61 Å². The number of aromatic nitrogens is 1. The molecule has 6 heteroatoms. The molecule has 0 bridgehead atoms. The normalized spacial score (nSPS) is 14.0. The highest BCUT2D eigenvalue weighted by atomic mass is 35.5. The lowest BCUT2D eigenvalue weighted by Crippen LogP contribution is -2.14. The number of halogens is 3. The fourth-order valence-electron chi connectivity index (χ4n) is 2.72. The molecular formula is C19H17ClF2N2O. The van der Waals surface area contributed by atoms with Crippen LogP contribution in [0.1, 0.15) is 5.56 Å². The number of hydrogen-bond acceptors (Lipinski definition) is 3. The molecule has 1 aliphatic rings. The average Bonchev–Trinajstić information content (AvgIpc) is 2.56. The number of likely N-dealkylation sites (N-methyl/N-ethyl adjacent to an activating group) is 1. The first-order valence-electron chi connectivity index (χ1n) is 7.78. The van der Waals surface area contributed by atoms with Gasteiger partial charge in [-0.2, -0.15) is 8.78 Å². The van der Waals surface area contributed by atoms with Gasteiger partial charge in [0.1, 0.15) is 0 Å². The molecule has 0 atom stereocenters. The first-order chi connectivity index (χ1) is 12.0. The summed E-state index contributed by atoms with van der Waals surface area (Å²) in [5.41, 5.74) is 3.20. The number of benzene rings is 1. The summed E-state index contributed by atoms with van der Waals surface area (Å²) in [5, 5.41) is 0.519. The number of allylic oxidation sites excluding steroid dienone is 2. The zero-order valence-electron chi connectivity index (χ0n) is 13.6. The Morgan fingerprint density at radius 1 is 1.32 bits per heavy atom. The summed E-state index contributed by atoms with van der Waals surface area (Å²) in [4.78, 5) is 6.18. The highest BCUT2D eigenvalue weighted by Crippen LogP contribution is 2.32. The van der Waals surface area contributed by atoms with Crippen molar-refractivity contribution >= 4 is 11.6 Å². The van der Waals surface area contributed by atoms with Crippen molar-refractivity contribution in [1.29, 1.82) is 0 Å². The Kier molecular flexibility index (Phi) is 5.34. The average molecular weight is 363 g/mol. The summed E-state index contributed by atoms with van der Waals surface area (Å²) >= 11 is 6.03. The Labute approximate surface area is 150 Å². The Balaban J connectivity index is 1.96. The van der Waals surface area contributed by atoms with Crippen LogP contribution in [-0.4, -0.2) is 30.1 Å². The molecule has 2 heterocycles. The van der Waals surface area contributed by atoms with E-state index in [9.17, 15) is 8.78 Å². The van der Waals surface area contributed by atoms with Gasteiger partial charge in [-0.1, -0.05) is 35.9 Å². The van der Waals surface area contributed by atoms with E-state index in [0.717, 1.165) is 17.7 Å². The van der Waals surface area contributed by atoms with E-state index in [1.54, 1.807) is 30.5 Å². The van der Waals surface area contributed by atoms with Gasteiger partial charge in [-0.25, -0.2) is 4.98 Å². The molecule has 0 unspecified atom stereocenters. The minimum Gasteiger partial charge on any atom is -0.416 e. The SMILES string of the molecule is CN1C=C(Cc2cnc(OC(F)F)c(-c3cccc(Cl)c3)c2)C=CC1. The molecule has 1 aromatic carbocycles. The van der Waals surface area contributed by atoms with Crippen LogP contribution in [0.3, 0.4) is 0 Å². The van der Waals surface area contributed by atoms with Crippen molar-refractivity contribution in [2.75, 3.05) is 13.6 Å².